The van der Waals surface area contributed by atoms with Gasteiger partial charge in [-0.15, -0.1) is 0 Å². The summed E-state index contributed by atoms with van der Waals surface area (Å²) < 4.78 is 0. The van der Waals surface area contributed by atoms with Crippen molar-refractivity contribution in [1.82, 2.24) is 0 Å². The highest BCUT2D eigenvalue weighted by atomic mass is 16.4. The third-order valence-corrected chi connectivity index (χ3v) is 6.94. The Labute approximate surface area is 167 Å². The standard InChI is InChI=1S/C26H17NO2/c27-13-16-10-12-19-22-17(16)11-9-15-7-4-8-18(20(15)22)24-23(19)21(25(24)26(28)29)14-5-2-1-3-6-14/h1-12,21,23-25H,(H,28,29)/t21-,23+,24+,25+/m0/s1. The predicted molar refractivity (Wildman–Crippen MR) is 112 cm³/mol. The van der Waals surface area contributed by atoms with E-state index in [0.717, 1.165) is 32.7 Å². The van der Waals surface area contributed by atoms with Crippen LogP contribution in [0.25, 0.3) is 21.5 Å². The maximum Gasteiger partial charge on any atom is 0.307 e. The van der Waals surface area contributed by atoms with E-state index in [-0.39, 0.29) is 17.8 Å². The fraction of sp³-hybridized carbons (Fsp3) is 0.154. The molecule has 6 rings (SSSR count). The first kappa shape index (κ1) is 16.3. The zero-order valence-corrected chi connectivity index (χ0v) is 15.5. The Morgan fingerprint density at radius 2 is 1.59 bits per heavy atom. The Morgan fingerprint density at radius 3 is 2.34 bits per heavy atom. The van der Waals surface area contributed by atoms with Crippen LogP contribution in [0.4, 0.5) is 0 Å². The van der Waals surface area contributed by atoms with E-state index in [0.29, 0.717) is 5.56 Å². The zero-order chi connectivity index (χ0) is 19.7. The average molecular weight is 375 g/mol. The van der Waals surface area contributed by atoms with Gasteiger partial charge in [0.1, 0.15) is 0 Å². The molecule has 3 nitrogen and oxygen atoms in total. The van der Waals surface area contributed by atoms with Crippen LogP contribution < -0.4 is 0 Å². The van der Waals surface area contributed by atoms with Crippen molar-refractivity contribution in [2.24, 2.45) is 5.92 Å². The Kier molecular flexibility index (Phi) is 3.20. The molecule has 4 aromatic carbocycles. The number of hydrogen-bond acceptors (Lipinski definition) is 2. The number of carboxylic acids is 1. The summed E-state index contributed by atoms with van der Waals surface area (Å²) in [5.41, 5.74) is 4.04. The van der Waals surface area contributed by atoms with Crippen LogP contribution in [0.3, 0.4) is 0 Å². The van der Waals surface area contributed by atoms with Crippen molar-refractivity contribution >= 4 is 27.5 Å². The first-order chi connectivity index (χ1) is 14.2. The van der Waals surface area contributed by atoms with Crippen LogP contribution in [0.15, 0.2) is 72.8 Å². The lowest BCUT2D eigenvalue weighted by atomic mass is 9.48. The molecule has 1 N–H and O–H groups in total. The number of carbonyl (C=O) groups is 1. The molecular weight excluding hydrogens is 358 g/mol. The summed E-state index contributed by atoms with van der Waals surface area (Å²) >= 11 is 0. The topological polar surface area (TPSA) is 61.1 Å². The highest BCUT2D eigenvalue weighted by Crippen LogP contribution is 2.66. The van der Waals surface area contributed by atoms with E-state index >= 15 is 0 Å². The molecule has 2 aliphatic rings. The minimum atomic E-state index is -0.735. The maximum absolute atomic E-state index is 12.4. The molecule has 0 aromatic heterocycles. The van der Waals surface area contributed by atoms with Crippen LogP contribution in [0.5, 0.6) is 0 Å². The number of nitriles is 1. The number of nitrogens with zero attached hydrogens (tertiary/aromatic N) is 1. The van der Waals surface area contributed by atoms with Gasteiger partial charge in [-0.05, 0) is 44.8 Å². The van der Waals surface area contributed by atoms with Gasteiger partial charge in [-0.2, -0.15) is 5.26 Å². The van der Waals surface area contributed by atoms with E-state index < -0.39 is 11.9 Å². The van der Waals surface area contributed by atoms with Crippen molar-refractivity contribution in [3.05, 3.63) is 95.1 Å². The number of rotatable bonds is 2. The molecule has 0 aliphatic heterocycles. The molecule has 4 atom stereocenters. The lowest BCUT2D eigenvalue weighted by Gasteiger charge is -2.53. The van der Waals surface area contributed by atoms with Gasteiger partial charge in [0.15, 0.2) is 0 Å². The summed E-state index contributed by atoms with van der Waals surface area (Å²) in [6, 6.07) is 26.5. The van der Waals surface area contributed by atoms with Crippen LogP contribution in [0, 0.1) is 17.2 Å². The highest BCUT2D eigenvalue weighted by Gasteiger charge is 2.57. The molecule has 0 heterocycles. The number of aliphatic carboxylic acids is 1. The molecule has 29 heavy (non-hydrogen) atoms. The van der Waals surface area contributed by atoms with E-state index in [1.165, 1.54) is 5.56 Å². The fourth-order valence-corrected chi connectivity index (χ4v) is 5.85. The summed E-state index contributed by atoms with van der Waals surface area (Å²) in [4.78, 5) is 12.4. The summed E-state index contributed by atoms with van der Waals surface area (Å²) in [5.74, 6) is -1.20. The van der Waals surface area contributed by atoms with Crippen molar-refractivity contribution in [3.8, 4) is 6.07 Å². The number of hydrogen-bond donors (Lipinski definition) is 1. The van der Waals surface area contributed by atoms with Gasteiger partial charge in [0.2, 0.25) is 0 Å². The van der Waals surface area contributed by atoms with E-state index in [4.69, 9.17) is 0 Å². The van der Waals surface area contributed by atoms with Crippen molar-refractivity contribution in [2.75, 3.05) is 0 Å². The zero-order valence-electron chi connectivity index (χ0n) is 15.5. The summed E-state index contributed by atoms with van der Waals surface area (Å²) in [5, 5.41) is 24.1. The van der Waals surface area contributed by atoms with E-state index in [2.05, 4.69) is 30.3 Å². The van der Waals surface area contributed by atoms with Crippen LogP contribution >= 0.6 is 0 Å². The number of fused-ring (bicyclic) bond motifs is 3. The van der Waals surface area contributed by atoms with Crippen LogP contribution in [0.1, 0.15) is 40.0 Å². The Bertz CT molecular complexity index is 1370. The second-order valence-electron chi connectivity index (χ2n) is 8.10. The lowest BCUT2D eigenvalue weighted by Crippen LogP contribution is -2.47. The summed E-state index contributed by atoms with van der Waals surface area (Å²) in [6.45, 7) is 0. The largest absolute Gasteiger partial charge is 0.481 e. The number of benzene rings is 4. The second kappa shape index (κ2) is 5.68. The molecule has 3 heteroatoms. The van der Waals surface area contributed by atoms with Crippen LogP contribution in [0.2, 0.25) is 0 Å². The minimum absolute atomic E-state index is 0.0487. The maximum atomic E-state index is 12.4. The van der Waals surface area contributed by atoms with Gasteiger partial charge in [-0.25, -0.2) is 0 Å². The van der Waals surface area contributed by atoms with Crippen LogP contribution in [-0.2, 0) is 4.79 Å². The predicted octanol–water partition coefficient (Wildman–Crippen LogP) is 5.54. The molecule has 0 amide bonds. The number of carboxylic acid groups (broad SMARTS) is 1. The van der Waals surface area contributed by atoms with Gasteiger partial charge in [0, 0.05) is 17.2 Å². The third kappa shape index (κ3) is 1.98. The smallest absolute Gasteiger partial charge is 0.307 e. The average Bonchev–Trinajstić information content (AvgIpc) is 2.73. The molecule has 0 saturated heterocycles. The van der Waals surface area contributed by atoms with Gasteiger partial charge in [-0.1, -0.05) is 66.7 Å². The molecular formula is C26H17NO2. The molecule has 0 radical (unpaired) electrons. The molecule has 0 bridgehead atoms. The van der Waals surface area contributed by atoms with Gasteiger partial charge in [-0.3, -0.25) is 4.79 Å². The molecule has 0 unspecified atom stereocenters. The first-order valence-corrected chi connectivity index (χ1v) is 9.87. The quantitative estimate of drug-likeness (QED) is 0.468. The van der Waals surface area contributed by atoms with Crippen molar-refractivity contribution in [1.29, 1.82) is 5.26 Å². The van der Waals surface area contributed by atoms with Gasteiger partial charge in [0.05, 0.1) is 17.6 Å². The highest BCUT2D eigenvalue weighted by molar-refractivity contribution is 6.14. The summed E-state index contributed by atoms with van der Waals surface area (Å²) in [7, 11) is 0. The Balaban J connectivity index is 1.72. The Morgan fingerprint density at radius 1 is 0.793 bits per heavy atom. The Hall–Kier alpha value is -3.64. The first-order valence-electron chi connectivity index (χ1n) is 9.87. The van der Waals surface area contributed by atoms with Crippen molar-refractivity contribution in [3.63, 3.8) is 0 Å². The van der Waals surface area contributed by atoms with Crippen molar-refractivity contribution in [2.45, 2.75) is 17.8 Å². The fourth-order valence-electron chi connectivity index (χ4n) is 5.85. The third-order valence-electron chi connectivity index (χ3n) is 6.94. The van der Waals surface area contributed by atoms with Gasteiger partial charge < -0.3 is 5.11 Å². The SMILES string of the molecule is N#Cc1ccc2c3c1ccc1cccc(c13)[C@H]1[C@H](C(=O)O)[C@@H](c3ccccc3)[C@@H]21. The monoisotopic (exact) mass is 375 g/mol. The van der Waals surface area contributed by atoms with Crippen molar-refractivity contribution < 1.29 is 9.90 Å². The van der Waals surface area contributed by atoms with E-state index in [1.54, 1.807) is 0 Å². The van der Waals surface area contributed by atoms with Gasteiger partial charge >= 0.3 is 5.97 Å². The van der Waals surface area contributed by atoms with E-state index in [1.807, 2.05) is 48.5 Å². The molecule has 138 valence electrons. The molecule has 1 fully saturated rings. The van der Waals surface area contributed by atoms with Gasteiger partial charge in [0.25, 0.3) is 0 Å². The van der Waals surface area contributed by atoms with Crippen LogP contribution in [-0.4, -0.2) is 11.1 Å². The molecule has 1 saturated carbocycles. The summed E-state index contributed by atoms with van der Waals surface area (Å²) in [6.07, 6.45) is 0. The lowest BCUT2D eigenvalue weighted by molar-refractivity contribution is -0.148. The van der Waals surface area contributed by atoms with E-state index in [9.17, 15) is 15.2 Å². The molecule has 4 aromatic rings. The normalized spacial score (nSPS) is 24.1. The molecule has 0 spiro atoms. The molecule has 2 aliphatic carbocycles. The second-order valence-corrected chi connectivity index (χ2v) is 8.10. The minimum Gasteiger partial charge on any atom is -0.481 e.